The highest BCUT2D eigenvalue weighted by Crippen LogP contribution is 2.23. The third-order valence-electron chi connectivity index (χ3n) is 1.94. The van der Waals surface area contributed by atoms with Crippen LogP contribution in [0.1, 0.15) is 0 Å². The average molecular weight is 225 g/mol. The van der Waals surface area contributed by atoms with Crippen molar-refractivity contribution in [2.45, 2.75) is 4.90 Å². The van der Waals surface area contributed by atoms with Gasteiger partial charge in [-0.2, -0.15) is 8.42 Å². The molecular weight excluding hydrogens is 218 g/mol. The number of aromatic hydroxyl groups is 1. The van der Waals surface area contributed by atoms with E-state index in [9.17, 15) is 8.42 Å². The minimum Gasteiger partial charge on any atom is -0.506 e. The van der Waals surface area contributed by atoms with Crippen LogP contribution in [0, 0.1) is 0 Å². The summed E-state index contributed by atoms with van der Waals surface area (Å²) in [7, 11) is -4.29. The fourth-order valence-corrected chi connectivity index (χ4v) is 1.99. The number of pyridine rings is 1. The van der Waals surface area contributed by atoms with Crippen molar-refractivity contribution in [1.29, 1.82) is 0 Å². The molecule has 5 nitrogen and oxygen atoms in total. The van der Waals surface area contributed by atoms with E-state index in [4.69, 9.17) is 9.66 Å². The number of aromatic nitrogens is 1. The predicted molar refractivity (Wildman–Crippen MR) is 53.2 cm³/mol. The van der Waals surface area contributed by atoms with E-state index >= 15 is 0 Å². The lowest BCUT2D eigenvalue weighted by Crippen LogP contribution is -1.99. The lowest BCUT2D eigenvalue weighted by molar-refractivity contribution is 0.473. The molecule has 0 unspecified atom stereocenters. The summed E-state index contributed by atoms with van der Waals surface area (Å²) in [5.41, 5.74) is 0.137. The summed E-state index contributed by atoms with van der Waals surface area (Å²) in [5, 5.41) is 9.60. The van der Waals surface area contributed by atoms with Gasteiger partial charge in [0.2, 0.25) is 0 Å². The van der Waals surface area contributed by atoms with Crippen molar-refractivity contribution in [3.63, 3.8) is 0 Å². The van der Waals surface area contributed by atoms with Crippen molar-refractivity contribution < 1.29 is 18.1 Å². The summed E-state index contributed by atoms with van der Waals surface area (Å²) >= 11 is 0. The van der Waals surface area contributed by atoms with Crippen molar-refractivity contribution in [3.8, 4) is 5.75 Å². The van der Waals surface area contributed by atoms with Crippen LogP contribution in [-0.2, 0) is 10.1 Å². The number of nitrogens with zero attached hydrogens (tertiary/aromatic N) is 1. The maximum absolute atomic E-state index is 11.0. The van der Waals surface area contributed by atoms with E-state index in [2.05, 4.69) is 4.98 Å². The molecule has 2 aromatic rings. The van der Waals surface area contributed by atoms with Crippen molar-refractivity contribution in [2.24, 2.45) is 0 Å². The van der Waals surface area contributed by atoms with Crippen molar-refractivity contribution in [2.75, 3.05) is 0 Å². The van der Waals surface area contributed by atoms with Gasteiger partial charge in [-0.1, -0.05) is 12.1 Å². The lowest BCUT2D eigenvalue weighted by Gasteiger charge is -2.02. The Kier molecular flexibility index (Phi) is 2.09. The first-order valence-electron chi connectivity index (χ1n) is 4.04. The third kappa shape index (κ3) is 1.77. The second-order valence-corrected chi connectivity index (χ2v) is 4.39. The number of hydrogen-bond acceptors (Lipinski definition) is 4. The molecule has 0 fully saturated rings. The zero-order valence-corrected chi connectivity index (χ0v) is 8.27. The van der Waals surface area contributed by atoms with Crippen LogP contribution >= 0.6 is 0 Å². The standard InChI is InChI=1S/C9H7NO4S/c11-7-4-6-2-1-3-8(15(12,13)14)9(6)10-5-7/h1-5,11H,(H,12,13,14). The minimum absolute atomic E-state index is 0.0602. The normalized spacial score (nSPS) is 11.8. The Morgan fingerprint density at radius 3 is 2.67 bits per heavy atom. The molecule has 0 aliphatic heterocycles. The van der Waals surface area contributed by atoms with E-state index < -0.39 is 10.1 Å². The predicted octanol–water partition coefficient (Wildman–Crippen LogP) is 1.19. The Hall–Kier alpha value is -1.66. The van der Waals surface area contributed by atoms with Crippen molar-refractivity contribution >= 4 is 21.0 Å². The molecule has 1 heterocycles. The van der Waals surface area contributed by atoms with Crippen LogP contribution in [0.2, 0.25) is 0 Å². The van der Waals surface area contributed by atoms with Crippen LogP contribution in [0.3, 0.4) is 0 Å². The maximum Gasteiger partial charge on any atom is 0.296 e. The number of para-hydroxylation sites is 1. The molecule has 0 atom stereocenters. The van der Waals surface area contributed by atoms with E-state index in [0.717, 1.165) is 6.20 Å². The number of hydrogen-bond donors (Lipinski definition) is 2. The largest absolute Gasteiger partial charge is 0.506 e. The fourth-order valence-electron chi connectivity index (χ4n) is 1.33. The van der Waals surface area contributed by atoms with Gasteiger partial charge in [0.15, 0.2) is 0 Å². The molecule has 0 saturated carbocycles. The molecule has 0 aliphatic rings. The summed E-state index contributed by atoms with van der Waals surface area (Å²) in [4.78, 5) is 3.49. The van der Waals surface area contributed by atoms with Crippen molar-refractivity contribution in [3.05, 3.63) is 30.5 Å². The first-order chi connectivity index (χ1) is 6.98. The monoisotopic (exact) mass is 225 g/mol. The van der Waals surface area contributed by atoms with Gasteiger partial charge in [0.05, 0.1) is 11.7 Å². The van der Waals surface area contributed by atoms with E-state index in [1.807, 2.05) is 0 Å². The van der Waals surface area contributed by atoms with Gasteiger partial charge in [-0.15, -0.1) is 0 Å². The van der Waals surface area contributed by atoms with Crippen LogP contribution in [0.15, 0.2) is 35.4 Å². The quantitative estimate of drug-likeness (QED) is 0.712. The van der Waals surface area contributed by atoms with E-state index in [0.29, 0.717) is 5.39 Å². The minimum atomic E-state index is -4.29. The summed E-state index contributed by atoms with van der Waals surface area (Å²) in [5.74, 6) is -0.0602. The molecule has 78 valence electrons. The Morgan fingerprint density at radius 1 is 1.27 bits per heavy atom. The molecule has 15 heavy (non-hydrogen) atoms. The molecule has 1 aromatic carbocycles. The van der Waals surface area contributed by atoms with Gasteiger partial charge in [0.1, 0.15) is 10.6 Å². The second kappa shape index (κ2) is 3.18. The zero-order chi connectivity index (χ0) is 11.1. The smallest absolute Gasteiger partial charge is 0.296 e. The van der Waals surface area contributed by atoms with Gasteiger partial charge < -0.3 is 5.11 Å². The molecule has 0 bridgehead atoms. The summed E-state index contributed by atoms with van der Waals surface area (Å²) < 4.78 is 30.9. The Balaban J connectivity index is 2.89. The molecule has 6 heteroatoms. The molecular formula is C9H7NO4S. The van der Waals surface area contributed by atoms with Crippen LogP contribution in [-0.4, -0.2) is 23.1 Å². The highest BCUT2D eigenvalue weighted by atomic mass is 32.2. The van der Waals surface area contributed by atoms with Gasteiger partial charge >= 0.3 is 0 Å². The molecule has 2 N–H and O–H groups in total. The molecule has 0 saturated heterocycles. The van der Waals surface area contributed by atoms with E-state index in [1.165, 1.54) is 18.2 Å². The first-order valence-corrected chi connectivity index (χ1v) is 5.48. The summed E-state index contributed by atoms with van der Waals surface area (Å²) in [6.07, 6.45) is 1.12. The van der Waals surface area contributed by atoms with Crippen LogP contribution in [0.5, 0.6) is 5.75 Å². The number of benzene rings is 1. The Morgan fingerprint density at radius 2 is 2.00 bits per heavy atom. The van der Waals surface area contributed by atoms with E-state index in [1.54, 1.807) is 6.07 Å². The topological polar surface area (TPSA) is 87.5 Å². The first kappa shape index (κ1) is 9.88. The fraction of sp³-hybridized carbons (Fsp3) is 0. The summed E-state index contributed by atoms with van der Waals surface area (Å²) in [6, 6.07) is 5.68. The molecule has 2 rings (SSSR count). The maximum atomic E-state index is 11.0. The van der Waals surface area contributed by atoms with Gasteiger partial charge in [-0.3, -0.25) is 9.54 Å². The molecule has 0 radical (unpaired) electrons. The van der Waals surface area contributed by atoms with Crippen molar-refractivity contribution in [1.82, 2.24) is 4.98 Å². The lowest BCUT2D eigenvalue weighted by atomic mass is 10.2. The van der Waals surface area contributed by atoms with Crippen LogP contribution in [0.25, 0.3) is 10.9 Å². The molecule has 0 aliphatic carbocycles. The van der Waals surface area contributed by atoms with E-state index in [-0.39, 0.29) is 16.2 Å². The second-order valence-electron chi connectivity index (χ2n) is 3.00. The molecule has 0 amide bonds. The van der Waals surface area contributed by atoms with Crippen LogP contribution in [0.4, 0.5) is 0 Å². The Labute approximate surface area is 85.8 Å². The van der Waals surface area contributed by atoms with Gasteiger partial charge in [0, 0.05) is 5.39 Å². The van der Waals surface area contributed by atoms with Gasteiger partial charge in [0.25, 0.3) is 10.1 Å². The highest BCUT2D eigenvalue weighted by Gasteiger charge is 2.14. The average Bonchev–Trinajstić information content (AvgIpc) is 2.15. The number of rotatable bonds is 1. The summed E-state index contributed by atoms with van der Waals surface area (Å²) in [6.45, 7) is 0. The third-order valence-corrected chi connectivity index (χ3v) is 2.82. The van der Waals surface area contributed by atoms with Gasteiger partial charge in [-0.25, -0.2) is 0 Å². The molecule has 0 spiro atoms. The zero-order valence-electron chi connectivity index (χ0n) is 7.45. The van der Waals surface area contributed by atoms with Gasteiger partial charge in [-0.05, 0) is 12.1 Å². The molecule has 1 aromatic heterocycles. The number of fused-ring (bicyclic) bond motifs is 1. The van der Waals surface area contributed by atoms with Crippen LogP contribution < -0.4 is 0 Å². The SMILES string of the molecule is O=S(=O)(O)c1cccc2cc(O)cnc12. The Bertz CT molecular complexity index is 621. The highest BCUT2D eigenvalue weighted by molar-refractivity contribution is 7.86.